The molecule has 0 aromatic heterocycles. The minimum atomic E-state index is 0.634. The molecule has 0 fully saturated rings. The largest absolute Gasteiger partial charge is 0.497 e. The fraction of sp³-hybridized carbons (Fsp3) is 0.625. The highest BCUT2D eigenvalue weighted by atomic mass is 79.9. The summed E-state index contributed by atoms with van der Waals surface area (Å²) in [7, 11) is 1.70. The van der Waals surface area contributed by atoms with Crippen molar-refractivity contribution in [2.75, 3.05) is 25.7 Å². The van der Waals surface area contributed by atoms with Crippen LogP contribution in [0.4, 0.5) is 0 Å². The lowest BCUT2D eigenvalue weighted by Crippen LogP contribution is -2.10. The highest BCUT2D eigenvalue weighted by molar-refractivity contribution is 9.09. The highest BCUT2D eigenvalue weighted by Crippen LogP contribution is 2.18. The fourth-order valence-corrected chi connectivity index (χ4v) is 2.48. The van der Waals surface area contributed by atoms with Gasteiger partial charge in [-0.25, -0.2) is 0 Å². The van der Waals surface area contributed by atoms with E-state index in [0.717, 1.165) is 43.6 Å². The third kappa shape index (κ3) is 6.98. The van der Waals surface area contributed by atoms with Gasteiger partial charge in [0.2, 0.25) is 0 Å². The smallest absolute Gasteiger partial charge is 0.118 e. The summed E-state index contributed by atoms with van der Waals surface area (Å²) in [6.07, 6.45) is 4.57. The number of hydrogen-bond acceptors (Lipinski definition) is 2. The van der Waals surface area contributed by atoms with Crippen molar-refractivity contribution < 1.29 is 9.47 Å². The quantitative estimate of drug-likeness (QED) is 0.466. The van der Waals surface area contributed by atoms with Gasteiger partial charge >= 0.3 is 0 Å². The first-order chi connectivity index (χ1) is 9.30. The maximum atomic E-state index is 5.64. The predicted molar refractivity (Wildman–Crippen MR) is 84.3 cm³/mol. The van der Waals surface area contributed by atoms with Crippen LogP contribution in [0.1, 0.15) is 31.7 Å². The van der Waals surface area contributed by atoms with Crippen molar-refractivity contribution in [2.24, 2.45) is 5.92 Å². The SMILES string of the molecule is CCCCOCCC(CBr)Cc1ccc(OC)cc1. The first-order valence-corrected chi connectivity index (χ1v) is 8.19. The molecule has 0 saturated heterocycles. The van der Waals surface area contributed by atoms with Crippen LogP contribution in [0.25, 0.3) is 0 Å². The second-order valence-electron chi connectivity index (χ2n) is 4.83. The Hall–Kier alpha value is -0.540. The Morgan fingerprint density at radius 3 is 2.47 bits per heavy atom. The molecule has 0 aliphatic heterocycles. The highest BCUT2D eigenvalue weighted by Gasteiger charge is 2.08. The molecule has 1 rings (SSSR count). The number of methoxy groups -OCH3 is 1. The number of benzene rings is 1. The molecule has 0 N–H and O–H groups in total. The van der Waals surface area contributed by atoms with Gasteiger partial charge in [0.25, 0.3) is 0 Å². The Kier molecular flexibility index (Phi) is 8.93. The summed E-state index contributed by atoms with van der Waals surface area (Å²) in [6, 6.07) is 8.34. The van der Waals surface area contributed by atoms with Crippen LogP contribution < -0.4 is 4.74 Å². The zero-order valence-electron chi connectivity index (χ0n) is 12.0. The standard InChI is InChI=1S/C16H25BrO2/c1-3-4-10-19-11-9-15(13-17)12-14-5-7-16(18-2)8-6-14/h5-8,15H,3-4,9-13H2,1-2H3. The van der Waals surface area contributed by atoms with Crippen molar-refractivity contribution >= 4 is 15.9 Å². The van der Waals surface area contributed by atoms with Crippen molar-refractivity contribution in [1.82, 2.24) is 0 Å². The van der Waals surface area contributed by atoms with E-state index in [1.165, 1.54) is 12.0 Å². The average Bonchev–Trinajstić information content (AvgIpc) is 2.46. The van der Waals surface area contributed by atoms with Gasteiger partial charge in [-0.1, -0.05) is 41.4 Å². The molecule has 0 spiro atoms. The summed E-state index contributed by atoms with van der Waals surface area (Å²) < 4.78 is 10.8. The Labute approximate surface area is 125 Å². The summed E-state index contributed by atoms with van der Waals surface area (Å²) in [6.45, 7) is 3.95. The molecule has 2 nitrogen and oxygen atoms in total. The van der Waals surface area contributed by atoms with Gasteiger partial charge in [0.05, 0.1) is 7.11 Å². The number of unbranched alkanes of at least 4 members (excludes halogenated alkanes) is 1. The van der Waals surface area contributed by atoms with Gasteiger partial charge in [0.15, 0.2) is 0 Å². The molecule has 0 bridgehead atoms. The van der Waals surface area contributed by atoms with Crippen LogP contribution in [0.3, 0.4) is 0 Å². The van der Waals surface area contributed by atoms with Crippen molar-refractivity contribution in [3.05, 3.63) is 29.8 Å². The van der Waals surface area contributed by atoms with E-state index in [9.17, 15) is 0 Å². The minimum absolute atomic E-state index is 0.634. The van der Waals surface area contributed by atoms with E-state index in [1.54, 1.807) is 7.11 Å². The molecule has 1 aromatic carbocycles. The van der Waals surface area contributed by atoms with Crippen molar-refractivity contribution in [2.45, 2.75) is 32.6 Å². The number of alkyl halides is 1. The molecule has 0 saturated carbocycles. The number of hydrogen-bond donors (Lipinski definition) is 0. The van der Waals surface area contributed by atoms with Crippen LogP contribution in [0.5, 0.6) is 5.75 Å². The first-order valence-electron chi connectivity index (χ1n) is 7.06. The molecular weight excluding hydrogens is 304 g/mol. The lowest BCUT2D eigenvalue weighted by Gasteiger charge is -2.14. The monoisotopic (exact) mass is 328 g/mol. The van der Waals surface area contributed by atoms with Gasteiger partial charge in [0, 0.05) is 18.5 Å². The summed E-state index contributed by atoms with van der Waals surface area (Å²) >= 11 is 3.60. The van der Waals surface area contributed by atoms with Gasteiger partial charge < -0.3 is 9.47 Å². The van der Waals surface area contributed by atoms with Crippen LogP contribution >= 0.6 is 15.9 Å². The summed E-state index contributed by atoms with van der Waals surface area (Å²) in [5, 5.41) is 1.02. The van der Waals surface area contributed by atoms with E-state index in [4.69, 9.17) is 9.47 Å². The Morgan fingerprint density at radius 2 is 1.89 bits per heavy atom. The van der Waals surface area contributed by atoms with Crippen molar-refractivity contribution in [3.63, 3.8) is 0 Å². The molecular formula is C16H25BrO2. The predicted octanol–water partition coefficient (Wildman–Crippen LogP) is 4.46. The molecule has 1 aromatic rings. The number of rotatable bonds is 10. The maximum absolute atomic E-state index is 5.64. The molecule has 108 valence electrons. The summed E-state index contributed by atoms with van der Waals surface area (Å²) in [4.78, 5) is 0. The van der Waals surface area contributed by atoms with Crippen LogP contribution in [-0.4, -0.2) is 25.7 Å². The fourth-order valence-electron chi connectivity index (χ4n) is 1.93. The first kappa shape index (κ1) is 16.5. The third-order valence-corrected chi connectivity index (χ3v) is 4.13. The van der Waals surface area contributed by atoms with Gasteiger partial charge in [-0.05, 0) is 42.9 Å². The Morgan fingerprint density at radius 1 is 1.16 bits per heavy atom. The molecule has 0 radical (unpaired) electrons. The molecule has 0 heterocycles. The lowest BCUT2D eigenvalue weighted by atomic mass is 9.98. The van der Waals surface area contributed by atoms with E-state index >= 15 is 0 Å². The van der Waals surface area contributed by atoms with E-state index in [0.29, 0.717) is 5.92 Å². The molecule has 1 unspecified atom stereocenters. The van der Waals surface area contributed by atoms with E-state index in [-0.39, 0.29) is 0 Å². The molecule has 0 aliphatic carbocycles. The number of halogens is 1. The Balaban J connectivity index is 2.30. The van der Waals surface area contributed by atoms with Gasteiger partial charge in [-0.2, -0.15) is 0 Å². The van der Waals surface area contributed by atoms with Gasteiger partial charge in [-0.15, -0.1) is 0 Å². The van der Waals surface area contributed by atoms with Crippen LogP contribution in [-0.2, 0) is 11.2 Å². The lowest BCUT2D eigenvalue weighted by molar-refractivity contribution is 0.120. The normalized spacial score (nSPS) is 12.4. The van der Waals surface area contributed by atoms with Gasteiger partial charge in [0.1, 0.15) is 5.75 Å². The zero-order chi connectivity index (χ0) is 13.9. The van der Waals surface area contributed by atoms with Crippen molar-refractivity contribution in [3.8, 4) is 5.75 Å². The maximum Gasteiger partial charge on any atom is 0.118 e. The summed E-state index contributed by atoms with van der Waals surface area (Å²) in [5.41, 5.74) is 1.36. The van der Waals surface area contributed by atoms with Crippen LogP contribution in [0.15, 0.2) is 24.3 Å². The van der Waals surface area contributed by atoms with Crippen LogP contribution in [0, 0.1) is 5.92 Å². The molecule has 1 atom stereocenters. The zero-order valence-corrected chi connectivity index (χ0v) is 13.6. The topological polar surface area (TPSA) is 18.5 Å². The third-order valence-electron chi connectivity index (χ3n) is 3.21. The second-order valence-corrected chi connectivity index (χ2v) is 5.47. The van der Waals surface area contributed by atoms with Crippen LogP contribution in [0.2, 0.25) is 0 Å². The summed E-state index contributed by atoms with van der Waals surface area (Å²) in [5.74, 6) is 1.55. The van der Waals surface area contributed by atoms with Crippen molar-refractivity contribution in [1.29, 1.82) is 0 Å². The van der Waals surface area contributed by atoms with E-state index in [2.05, 4.69) is 35.0 Å². The molecule has 19 heavy (non-hydrogen) atoms. The average molecular weight is 329 g/mol. The van der Waals surface area contributed by atoms with E-state index in [1.807, 2.05) is 12.1 Å². The molecule has 0 aliphatic rings. The van der Waals surface area contributed by atoms with Gasteiger partial charge in [-0.3, -0.25) is 0 Å². The molecule has 0 amide bonds. The Bertz CT molecular complexity index is 324. The molecule has 3 heteroatoms. The second kappa shape index (κ2) is 10.3. The van der Waals surface area contributed by atoms with E-state index < -0.39 is 0 Å². The number of ether oxygens (including phenoxy) is 2. The minimum Gasteiger partial charge on any atom is -0.497 e.